The van der Waals surface area contributed by atoms with Crippen molar-refractivity contribution >= 4 is 23.3 Å². The van der Waals surface area contributed by atoms with Crippen LogP contribution in [0.15, 0.2) is 47.5 Å². The maximum Gasteiger partial charge on any atom is 0.251 e. The maximum atomic E-state index is 13.4. The monoisotopic (exact) mass is 575 g/mol. The molecule has 1 aliphatic carbocycles. The topological polar surface area (TPSA) is 113 Å². The summed E-state index contributed by atoms with van der Waals surface area (Å²) in [4.78, 5) is 22.9. The molecule has 40 heavy (non-hydrogen) atoms. The number of nitrogens with zero attached hydrogens (tertiary/aromatic N) is 3. The number of fused-ring (bicyclic) bond motifs is 1. The van der Waals surface area contributed by atoms with Crippen LogP contribution in [0.3, 0.4) is 0 Å². The van der Waals surface area contributed by atoms with Gasteiger partial charge in [-0.3, -0.25) is 9.69 Å². The lowest BCUT2D eigenvalue weighted by Gasteiger charge is -2.31. The minimum atomic E-state index is -2.60. The van der Waals surface area contributed by atoms with E-state index in [1.807, 2.05) is 12.1 Å². The molecule has 1 amide bonds. The molecule has 1 unspecified atom stereocenters. The second-order valence-electron chi connectivity index (χ2n) is 10.3. The summed E-state index contributed by atoms with van der Waals surface area (Å²) in [6, 6.07) is 6.89. The smallest absolute Gasteiger partial charge is 0.251 e. The summed E-state index contributed by atoms with van der Waals surface area (Å²) in [5, 5.41) is 17.1. The van der Waals surface area contributed by atoms with Crippen molar-refractivity contribution in [2.24, 2.45) is 0 Å². The van der Waals surface area contributed by atoms with E-state index in [1.54, 1.807) is 18.3 Å². The van der Waals surface area contributed by atoms with Crippen LogP contribution in [0.4, 0.5) is 14.6 Å². The molecule has 0 radical (unpaired) electrons. The van der Waals surface area contributed by atoms with Gasteiger partial charge < -0.3 is 24.9 Å². The van der Waals surface area contributed by atoms with Crippen LogP contribution in [-0.4, -0.2) is 63.6 Å². The summed E-state index contributed by atoms with van der Waals surface area (Å²) in [5.41, 5.74) is 2.48. The fourth-order valence-electron chi connectivity index (χ4n) is 5.10. The van der Waals surface area contributed by atoms with Crippen LogP contribution in [0, 0.1) is 0 Å². The molecular formula is C28H32ClF2N5O4. The highest BCUT2D eigenvalue weighted by Crippen LogP contribution is 2.35. The Bertz CT molecular complexity index is 1300. The van der Waals surface area contributed by atoms with Crippen LogP contribution < -0.4 is 15.4 Å². The Labute approximate surface area is 235 Å². The number of benzene rings is 1. The number of alkyl halides is 2. The van der Waals surface area contributed by atoms with E-state index in [0.29, 0.717) is 66.8 Å². The number of aromatic nitrogens is 2. The first-order valence-corrected chi connectivity index (χ1v) is 13.7. The molecule has 1 aromatic carbocycles. The van der Waals surface area contributed by atoms with Crippen molar-refractivity contribution in [3.8, 4) is 5.75 Å². The van der Waals surface area contributed by atoms with Gasteiger partial charge in [0.15, 0.2) is 12.2 Å². The predicted octanol–water partition coefficient (Wildman–Crippen LogP) is 4.44. The van der Waals surface area contributed by atoms with Crippen LogP contribution in [-0.2, 0) is 19.6 Å². The van der Waals surface area contributed by atoms with Gasteiger partial charge in [-0.25, -0.2) is 18.7 Å². The molecule has 3 aromatic rings. The number of carbonyl (C=O) groups is 1. The molecule has 0 saturated heterocycles. The number of carbonyl (C=O) groups excluding carboxylic acids is 1. The number of aliphatic hydroxyl groups is 1. The van der Waals surface area contributed by atoms with Crippen molar-refractivity contribution in [1.82, 2.24) is 20.2 Å². The van der Waals surface area contributed by atoms with Gasteiger partial charge in [0, 0.05) is 56.8 Å². The number of anilines is 1. The van der Waals surface area contributed by atoms with Crippen molar-refractivity contribution < 1.29 is 27.8 Å². The summed E-state index contributed by atoms with van der Waals surface area (Å²) in [5.74, 6) is -1.27. The third-order valence-electron chi connectivity index (χ3n) is 7.29. The molecule has 0 spiro atoms. The van der Waals surface area contributed by atoms with Gasteiger partial charge >= 0.3 is 0 Å². The van der Waals surface area contributed by atoms with Crippen LogP contribution >= 0.6 is 11.6 Å². The van der Waals surface area contributed by atoms with Crippen molar-refractivity contribution in [1.29, 1.82) is 0 Å². The number of rotatable bonds is 10. The third kappa shape index (κ3) is 7.26. The SMILES string of the molecule is O=C(NCC(O)CN1CCc2c(ccc(OCc3cnco3)c2Cl)C1)c1ccnc(NC2CCC(F)(F)CC2)c1. The molecule has 3 heterocycles. The number of nitrogens with one attached hydrogen (secondary N) is 2. The first-order chi connectivity index (χ1) is 19.3. The number of amides is 1. The van der Waals surface area contributed by atoms with E-state index in [0.717, 1.165) is 11.1 Å². The zero-order valence-corrected chi connectivity index (χ0v) is 22.7. The Balaban J connectivity index is 1.08. The molecule has 1 saturated carbocycles. The molecule has 3 N–H and O–H groups in total. The van der Waals surface area contributed by atoms with Gasteiger partial charge in [0.1, 0.15) is 18.2 Å². The Kier molecular flexibility index (Phi) is 8.82. The highest BCUT2D eigenvalue weighted by atomic mass is 35.5. The number of pyridine rings is 1. The molecule has 2 aliphatic rings. The maximum absolute atomic E-state index is 13.4. The first kappa shape index (κ1) is 28.3. The number of hydrogen-bond acceptors (Lipinski definition) is 8. The number of hydrogen-bond donors (Lipinski definition) is 3. The van der Waals surface area contributed by atoms with Crippen LogP contribution in [0.25, 0.3) is 0 Å². The van der Waals surface area contributed by atoms with Crippen LogP contribution in [0.5, 0.6) is 5.75 Å². The Morgan fingerprint density at radius 2 is 2.12 bits per heavy atom. The zero-order chi connectivity index (χ0) is 28.1. The number of halogens is 3. The van der Waals surface area contributed by atoms with Gasteiger partial charge in [0.25, 0.3) is 5.91 Å². The minimum Gasteiger partial charge on any atom is -0.484 e. The Morgan fingerprint density at radius 3 is 2.90 bits per heavy atom. The Hall–Kier alpha value is -3.28. The van der Waals surface area contributed by atoms with Gasteiger partial charge in [-0.15, -0.1) is 0 Å². The number of β-amino-alcohol motifs (C(OH)–C–C–N with tert-alkyl or cyclic N) is 1. The highest BCUT2D eigenvalue weighted by Gasteiger charge is 2.35. The van der Waals surface area contributed by atoms with E-state index in [2.05, 4.69) is 25.5 Å². The second-order valence-corrected chi connectivity index (χ2v) is 10.7. The number of aliphatic hydroxyl groups excluding tert-OH is 1. The minimum absolute atomic E-state index is 0.0835. The molecular weight excluding hydrogens is 544 g/mol. The van der Waals surface area contributed by atoms with E-state index in [-0.39, 0.29) is 37.9 Å². The van der Waals surface area contributed by atoms with Crippen LogP contribution in [0.1, 0.15) is 52.9 Å². The average Bonchev–Trinajstić information content (AvgIpc) is 3.46. The van der Waals surface area contributed by atoms with Crippen molar-refractivity contribution in [3.05, 3.63) is 70.5 Å². The predicted molar refractivity (Wildman–Crippen MR) is 145 cm³/mol. The van der Waals surface area contributed by atoms with Crippen molar-refractivity contribution in [2.75, 3.05) is 25.0 Å². The van der Waals surface area contributed by atoms with E-state index in [4.69, 9.17) is 20.8 Å². The second kappa shape index (κ2) is 12.5. The van der Waals surface area contributed by atoms with E-state index in [1.165, 1.54) is 12.6 Å². The largest absolute Gasteiger partial charge is 0.484 e. The van der Waals surface area contributed by atoms with E-state index >= 15 is 0 Å². The van der Waals surface area contributed by atoms with E-state index < -0.39 is 12.0 Å². The van der Waals surface area contributed by atoms with Gasteiger partial charge in [0.05, 0.1) is 17.3 Å². The van der Waals surface area contributed by atoms with Gasteiger partial charge in [-0.05, 0) is 48.6 Å². The van der Waals surface area contributed by atoms with Gasteiger partial charge in [-0.1, -0.05) is 17.7 Å². The summed E-state index contributed by atoms with van der Waals surface area (Å²) in [6.07, 6.45) is 4.78. The number of oxazole rings is 1. The quantitative estimate of drug-likeness (QED) is 0.325. The molecule has 0 bridgehead atoms. The summed E-state index contributed by atoms with van der Waals surface area (Å²) >= 11 is 6.61. The number of ether oxygens (including phenoxy) is 1. The fourth-order valence-corrected chi connectivity index (χ4v) is 5.43. The first-order valence-electron chi connectivity index (χ1n) is 13.4. The zero-order valence-electron chi connectivity index (χ0n) is 21.9. The van der Waals surface area contributed by atoms with Gasteiger partial charge in [0.2, 0.25) is 5.92 Å². The van der Waals surface area contributed by atoms with Crippen molar-refractivity contribution in [2.45, 2.75) is 63.3 Å². The lowest BCUT2D eigenvalue weighted by atomic mass is 9.92. The lowest BCUT2D eigenvalue weighted by Crippen LogP contribution is -2.42. The molecule has 2 aromatic heterocycles. The summed E-state index contributed by atoms with van der Waals surface area (Å²) < 4.78 is 37.8. The standard InChI is InChI=1S/C28H32ClF2N5O4/c29-26-23-6-10-36(14-19(23)1-2-24(26)39-16-22-13-32-17-40-22)15-21(37)12-34-27(38)18-5-9-33-25(11-18)35-20-3-7-28(30,31)8-4-20/h1-2,5,9,11,13,17,20-21,37H,3-4,6-8,10,12,14-16H2,(H,33,35)(H,34,38). The fraction of sp³-hybridized carbons (Fsp3) is 0.464. The molecule has 1 fully saturated rings. The molecule has 1 atom stereocenters. The van der Waals surface area contributed by atoms with E-state index in [9.17, 15) is 18.7 Å². The van der Waals surface area contributed by atoms with Crippen molar-refractivity contribution in [3.63, 3.8) is 0 Å². The summed E-state index contributed by atoms with van der Waals surface area (Å²) in [6.45, 7) is 2.03. The molecule has 1 aliphatic heterocycles. The molecule has 214 valence electrons. The third-order valence-corrected chi connectivity index (χ3v) is 7.70. The summed E-state index contributed by atoms with van der Waals surface area (Å²) in [7, 11) is 0. The highest BCUT2D eigenvalue weighted by molar-refractivity contribution is 6.33. The molecule has 5 rings (SSSR count). The normalized spacial score (nSPS) is 18.1. The average molecular weight is 576 g/mol. The molecule has 12 heteroatoms. The van der Waals surface area contributed by atoms with Crippen LogP contribution in [0.2, 0.25) is 5.02 Å². The Morgan fingerprint density at radius 1 is 1.30 bits per heavy atom. The molecule has 9 nitrogen and oxygen atoms in total. The lowest BCUT2D eigenvalue weighted by molar-refractivity contribution is -0.0361. The van der Waals surface area contributed by atoms with Gasteiger partial charge in [-0.2, -0.15) is 0 Å².